The van der Waals surface area contributed by atoms with Crippen molar-refractivity contribution >= 4 is 11.9 Å². The van der Waals surface area contributed by atoms with Crippen molar-refractivity contribution in [3.05, 3.63) is 0 Å². The number of rotatable bonds is 3. The van der Waals surface area contributed by atoms with Gasteiger partial charge in [0.15, 0.2) is 0 Å². The lowest BCUT2D eigenvalue weighted by atomic mass is 10.5. The first kappa shape index (κ1) is 14.5. The summed E-state index contributed by atoms with van der Waals surface area (Å²) in [6.45, 7) is 7.72. The van der Waals surface area contributed by atoms with Crippen LogP contribution in [0.1, 0.15) is 34.1 Å². The molecule has 0 amide bonds. The molecule has 0 aliphatic rings. The summed E-state index contributed by atoms with van der Waals surface area (Å²) in [5.74, 6) is -0.333. The topological polar surface area (TPSA) is 52.6 Å². The van der Waals surface area contributed by atoms with E-state index in [1.54, 1.807) is 20.8 Å². The van der Waals surface area contributed by atoms with Gasteiger partial charge in [-0.05, 0) is 13.8 Å². The van der Waals surface area contributed by atoms with Crippen molar-refractivity contribution in [3.63, 3.8) is 0 Å². The van der Waals surface area contributed by atoms with Crippen LogP contribution >= 0.6 is 0 Å². The van der Waals surface area contributed by atoms with Crippen molar-refractivity contribution < 1.29 is 19.1 Å². The first-order valence-corrected chi connectivity index (χ1v) is 4.37. The average Bonchev–Trinajstić information content (AvgIpc) is 2.05. The molecule has 0 bridgehead atoms. The van der Waals surface area contributed by atoms with E-state index in [1.165, 1.54) is 6.92 Å². The molecule has 0 aromatic heterocycles. The Morgan fingerprint density at radius 1 is 1.00 bits per heavy atom. The van der Waals surface area contributed by atoms with E-state index < -0.39 is 0 Å². The van der Waals surface area contributed by atoms with Crippen LogP contribution in [0.15, 0.2) is 0 Å². The summed E-state index contributed by atoms with van der Waals surface area (Å²) in [7, 11) is 0. The van der Waals surface area contributed by atoms with Crippen LogP contribution in [-0.4, -0.2) is 25.2 Å². The second kappa shape index (κ2) is 10.9. The second-order valence-electron chi connectivity index (χ2n) is 2.08. The van der Waals surface area contributed by atoms with Crippen LogP contribution < -0.4 is 0 Å². The Labute approximate surface area is 79.2 Å². The van der Waals surface area contributed by atoms with E-state index in [0.29, 0.717) is 19.6 Å². The van der Waals surface area contributed by atoms with Gasteiger partial charge in [0.05, 0.1) is 13.2 Å². The van der Waals surface area contributed by atoms with Crippen molar-refractivity contribution in [1.82, 2.24) is 0 Å². The van der Waals surface area contributed by atoms with Gasteiger partial charge in [-0.15, -0.1) is 0 Å². The molecule has 0 unspecified atom stereocenters. The molecule has 0 spiro atoms. The highest BCUT2D eigenvalue weighted by atomic mass is 16.5. The molecule has 0 saturated heterocycles. The molecular formula is C9H18O4. The fourth-order valence-corrected chi connectivity index (χ4v) is 0.466. The number of hydrogen-bond donors (Lipinski definition) is 0. The summed E-state index contributed by atoms with van der Waals surface area (Å²) in [6, 6.07) is 0. The van der Waals surface area contributed by atoms with Gasteiger partial charge in [-0.2, -0.15) is 0 Å². The third-order valence-electron chi connectivity index (χ3n) is 0.942. The maximum absolute atomic E-state index is 10.2. The molecule has 4 heteroatoms. The molecule has 0 aromatic carbocycles. The highest BCUT2D eigenvalue weighted by Crippen LogP contribution is 1.80. The maximum Gasteiger partial charge on any atom is 0.305 e. The van der Waals surface area contributed by atoms with E-state index in [0.717, 1.165) is 0 Å². The minimum absolute atomic E-state index is 0.123. The van der Waals surface area contributed by atoms with Crippen molar-refractivity contribution in [2.24, 2.45) is 0 Å². The van der Waals surface area contributed by atoms with E-state index in [4.69, 9.17) is 0 Å². The van der Waals surface area contributed by atoms with Gasteiger partial charge in [-0.25, -0.2) is 0 Å². The first-order chi connectivity index (χ1) is 6.08. The Morgan fingerprint density at radius 2 is 1.46 bits per heavy atom. The smallest absolute Gasteiger partial charge is 0.305 e. The van der Waals surface area contributed by atoms with Crippen LogP contribution in [0.25, 0.3) is 0 Å². The summed E-state index contributed by atoms with van der Waals surface area (Å²) in [5.41, 5.74) is 0. The second-order valence-corrected chi connectivity index (χ2v) is 2.08. The fourth-order valence-electron chi connectivity index (χ4n) is 0.466. The molecule has 0 rings (SSSR count). The Kier molecular flexibility index (Phi) is 12.2. The van der Waals surface area contributed by atoms with Gasteiger partial charge in [-0.3, -0.25) is 9.59 Å². The van der Waals surface area contributed by atoms with E-state index in [1.807, 2.05) is 0 Å². The molecule has 0 radical (unpaired) electrons. The Hall–Kier alpha value is -1.06. The molecule has 0 N–H and O–H groups in total. The minimum atomic E-state index is -0.211. The molecule has 13 heavy (non-hydrogen) atoms. The average molecular weight is 190 g/mol. The number of esters is 2. The maximum atomic E-state index is 10.2. The predicted octanol–water partition coefficient (Wildman–Crippen LogP) is 1.53. The van der Waals surface area contributed by atoms with Gasteiger partial charge in [0, 0.05) is 13.3 Å². The van der Waals surface area contributed by atoms with E-state index in [-0.39, 0.29) is 11.9 Å². The van der Waals surface area contributed by atoms with Gasteiger partial charge >= 0.3 is 11.9 Å². The normalized spacial score (nSPS) is 8.00. The highest BCUT2D eigenvalue weighted by Gasteiger charge is 1.91. The molecule has 0 heterocycles. The number of carbonyl (C=O) groups excluding carboxylic acids is 2. The van der Waals surface area contributed by atoms with Crippen molar-refractivity contribution in [2.75, 3.05) is 13.2 Å². The van der Waals surface area contributed by atoms with Crippen molar-refractivity contribution in [2.45, 2.75) is 34.1 Å². The molecule has 4 nitrogen and oxygen atoms in total. The van der Waals surface area contributed by atoms with E-state index >= 15 is 0 Å². The van der Waals surface area contributed by atoms with Gasteiger partial charge < -0.3 is 9.47 Å². The van der Waals surface area contributed by atoms with Crippen molar-refractivity contribution in [3.8, 4) is 0 Å². The van der Waals surface area contributed by atoms with E-state index in [2.05, 4.69) is 9.47 Å². The lowest BCUT2D eigenvalue weighted by Crippen LogP contribution is -2.00. The Balaban J connectivity index is 0. The van der Waals surface area contributed by atoms with Crippen LogP contribution in [0.5, 0.6) is 0 Å². The molecule has 78 valence electrons. The largest absolute Gasteiger partial charge is 0.466 e. The zero-order valence-electron chi connectivity index (χ0n) is 8.75. The lowest BCUT2D eigenvalue weighted by molar-refractivity contribution is -0.143. The third-order valence-corrected chi connectivity index (χ3v) is 0.942. The quantitative estimate of drug-likeness (QED) is 0.633. The molecule has 0 aliphatic carbocycles. The first-order valence-electron chi connectivity index (χ1n) is 4.37. The predicted molar refractivity (Wildman–Crippen MR) is 49.2 cm³/mol. The zero-order valence-corrected chi connectivity index (χ0v) is 8.75. The summed E-state index contributed by atoms with van der Waals surface area (Å²) in [4.78, 5) is 20.0. The Morgan fingerprint density at radius 3 is 1.54 bits per heavy atom. The molecule has 0 saturated carbocycles. The monoisotopic (exact) mass is 190 g/mol. The van der Waals surface area contributed by atoms with Crippen LogP contribution in [0, 0.1) is 0 Å². The van der Waals surface area contributed by atoms with Crippen LogP contribution in [-0.2, 0) is 19.1 Å². The van der Waals surface area contributed by atoms with Gasteiger partial charge in [-0.1, -0.05) is 6.92 Å². The van der Waals surface area contributed by atoms with E-state index in [9.17, 15) is 9.59 Å². The number of hydrogen-bond acceptors (Lipinski definition) is 4. The van der Waals surface area contributed by atoms with Crippen LogP contribution in [0.3, 0.4) is 0 Å². The van der Waals surface area contributed by atoms with Gasteiger partial charge in [0.1, 0.15) is 0 Å². The Bertz CT molecular complexity index is 143. The summed E-state index contributed by atoms with van der Waals surface area (Å²) >= 11 is 0. The fraction of sp³-hybridized carbons (Fsp3) is 0.778. The van der Waals surface area contributed by atoms with Crippen LogP contribution in [0.2, 0.25) is 0 Å². The number of ether oxygens (including phenoxy) is 2. The summed E-state index contributed by atoms with van der Waals surface area (Å²) in [6.07, 6.45) is 0.480. The van der Waals surface area contributed by atoms with Crippen molar-refractivity contribution in [1.29, 1.82) is 0 Å². The summed E-state index contributed by atoms with van der Waals surface area (Å²) < 4.78 is 8.95. The SMILES string of the molecule is CCOC(=O)CC.CCOC(C)=O. The van der Waals surface area contributed by atoms with Gasteiger partial charge in [0.2, 0.25) is 0 Å². The molecule has 0 aromatic rings. The zero-order chi connectivity index (χ0) is 10.7. The molecule has 0 atom stereocenters. The standard InChI is InChI=1S/C5H10O2.C4H8O2/c1-3-5(6)7-4-2;1-3-6-4(2)5/h3-4H2,1-2H3;3H2,1-2H3. The van der Waals surface area contributed by atoms with Crippen LogP contribution in [0.4, 0.5) is 0 Å². The molecular weight excluding hydrogens is 172 g/mol. The lowest BCUT2D eigenvalue weighted by Gasteiger charge is -1.93. The highest BCUT2D eigenvalue weighted by molar-refractivity contribution is 5.68. The summed E-state index contributed by atoms with van der Waals surface area (Å²) in [5, 5.41) is 0. The number of carbonyl (C=O) groups is 2. The molecule has 0 aliphatic heterocycles. The van der Waals surface area contributed by atoms with Gasteiger partial charge in [0.25, 0.3) is 0 Å². The third kappa shape index (κ3) is 18.2. The minimum Gasteiger partial charge on any atom is -0.466 e. The molecule has 0 fully saturated rings.